The lowest BCUT2D eigenvalue weighted by molar-refractivity contribution is 0.601. The Kier molecular flexibility index (Phi) is 2.65. The minimum atomic E-state index is 0.264. The average molecular weight is 170 g/mol. The average Bonchev–Trinajstić information content (AvgIpc) is 2.32. The topological polar surface area (TPSA) is 38.0 Å². The van der Waals surface area contributed by atoms with Gasteiger partial charge in [0.2, 0.25) is 0 Å². The van der Waals surface area contributed by atoms with Gasteiger partial charge >= 0.3 is 0 Å². The molecule has 0 aliphatic carbocycles. The Morgan fingerprint density at radius 2 is 2.18 bits per heavy atom. The first kappa shape index (κ1) is 8.71. The van der Waals surface area contributed by atoms with E-state index in [-0.39, 0.29) is 6.04 Å². The molecule has 0 aliphatic heterocycles. The molecule has 3 heteroatoms. The summed E-state index contributed by atoms with van der Waals surface area (Å²) in [6.07, 6.45) is 0. The van der Waals surface area contributed by atoms with E-state index < -0.39 is 0 Å². The molecule has 0 aromatic carbocycles. The molecule has 0 saturated carbocycles. The van der Waals surface area contributed by atoms with E-state index in [9.17, 15) is 0 Å². The van der Waals surface area contributed by atoms with E-state index in [4.69, 9.17) is 5.84 Å². The molecule has 0 fully saturated rings. The van der Waals surface area contributed by atoms with Gasteiger partial charge in [-0.3, -0.25) is 11.3 Å². The van der Waals surface area contributed by atoms with Crippen LogP contribution in [0.3, 0.4) is 0 Å². The summed E-state index contributed by atoms with van der Waals surface area (Å²) in [5, 5.41) is 2.16. The molecule has 1 unspecified atom stereocenters. The van der Waals surface area contributed by atoms with Gasteiger partial charge in [-0.2, -0.15) is 0 Å². The maximum absolute atomic E-state index is 5.34. The number of aryl methyl sites for hydroxylation is 1. The first-order valence-corrected chi connectivity index (χ1v) is 4.55. The summed E-state index contributed by atoms with van der Waals surface area (Å²) < 4.78 is 0. The van der Waals surface area contributed by atoms with Crippen LogP contribution in [0.1, 0.15) is 29.0 Å². The van der Waals surface area contributed by atoms with Gasteiger partial charge in [-0.15, -0.1) is 11.3 Å². The standard InChI is InChI=1S/C8H14N2S/c1-5-7(3)11-4-8(5)6(2)10-9/h4,6,10H,9H2,1-3H3. The molecule has 0 amide bonds. The molecular weight excluding hydrogens is 156 g/mol. The van der Waals surface area contributed by atoms with Crippen molar-refractivity contribution in [2.24, 2.45) is 5.84 Å². The second-order valence-corrected chi connectivity index (χ2v) is 3.84. The Morgan fingerprint density at radius 3 is 2.55 bits per heavy atom. The van der Waals surface area contributed by atoms with Crippen LogP contribution in [0.5, 0.6) is 0 Å². The van der Waals surface area contributed by atoms with Gasteiger partial charge in [-0.05, 0) is 37.3 Å². The Bertz CT molecular complexity index is 242. The minimum absolute atomic E-state index is 0.264. The Labute approximate surface area is 71.4 Å². The van der Waals surface area contributed by atoms with Crippen LogP contribution in [0, 0.1) is 13.8 Å². The monoisotopic (exact) mass is 170 g/mol. The molecule has 3 N–H and O–H groups in total. The number of rotatable bonds is 2. The molecule has 1 aromatic heterocycles. The summed E-state index contributed by atoms with van der Waals surface area (Å²) in [6.45, 7) is 6.33. The van der Waals surface area contributed by atoms with Crippen LogP contribution >= 0.6 is 11.3 Å². The van der Waals surface area contributed by atoms with Crippen molar-refractivity contribution in [3.05, 3.63) is 21.4 Å². The van der Waals surface area contributed by atoms with Crippen LogP contribution in [0.15, 0.2) is 5.38 Å². The van der Waals surface area contributed by atoms with Crippen LogP contribution in [-0.2, 0) is 0 Å². The molecular formula is C8H14N2S. The van der Waals surface area contributed by atoms with Crippen molar-refractivity contribution < 1.29 is 0 Å². The second-order valence-electron chi connectivity index (χ2n) is 2.76. The lowest BCUT2D eigenvalue weighted by Gasteiger charge is -2.08. The van der Waals surface area contributed by atoms with Crippen molar-refractivity contribution in [2.45, 2.75) is 26.8 Å². The van der Waals surface area contributed by atoms with Gasteiger partial charge < -0.3 is 0 Å². The zero-order valence-corrected chi connectivity index (χ0v) is 7.96. The summed E-state index contributed by atoms with van der Waals surface area (Å²) in [5.41, 5.74) is 5.42. The van der Waals surface area contributed by atoms with E-state index in [0.717, 1.165) is 0 Å². The molecule has 0 radical (unpaired) electrons. The molecule has 1 rings (SSSR count). The van der Waals surface area contributed by atoms with Gasteiger partial charge in [0.25, 0.3) is 0 Å². The molecule has 0 saturated heterocycles. The van der Waals surface area contributed by atoms with Gasteiger partial charge in [0.15, 0.2) is 0 Å². The first-order chi connectivity index (χ1) is 5.16. The lowest BCUT2D eigenvalue weighted by atomic mass is 10.1. The van der Waals surface area contributed by atoms with Gasteiger partial charge in [0, 0.05) is 10.9 Å². The molecule has 11 heavy (non-hydrogen) atoms. The third-order valence-corrected chi connectivity index (χ3v) is 3.07. The van der Waals surface area contributed by atoms with Crippen LogP contribution in [0.2, 0.25) is 0 Å². The van der Waals surface area contributed by atoms with Crippen LogP contribution in [0.25, 0.3) is 0 Å². The molecule has 1 atom stereocenters. The lowest BCUT2D eigenvalue weighted by Crippen LogP contribution is -2.25. The summed E-state index contributed by atoms with van der Waals surface area (Å²) in [7, 11) is 0. The molecule has 0 spiro atoms. The molecule has 1 aromatic rings. The maximum atomic E-state index is 5.34. The zero-order valence-electron chi connectivity index (χ0n) is 7.14. The third kappa shape index (κ3) is 1.61. The second kappa shape index (κ2) is 3.34. The summed E-state index contributed by atoms with van der Waals surface area (Å²) in [5.74, 6) is 5.34. The van der Waals surface area contributed by atoms with Crippen LogP contribution in [-0.4, -0.2) is 0 Å². The van der Waals surface area contributed by atoms with Gasteiger partial charge in [-0.1, -0.05) is 0 Å². The minimum Gasteiger partial charge on any atom is -0.271 e. The normalized spacial score (nSPS) is 13.5. The van der Waals surface area contributed by atoms with Crippen molar-refractivity contribution >= 4 is 11.3 Å². The van der Waals surface area contributed by atoms with E-state index in [1.165, 1.54) is 16.0 Å². The molecule has 2 nitrogen and oxygen atoms in total. The molecule has 62 valence electrons. The van der Waals surface area contributed by atoms with Crippen LogP contribution < -0.4 is 11.3 Å². The number of hydrazine groups is 1. The van der Waals surface area contributed by atoms with Crippen molar-refractivity contribution in [2.75, 3.05) is 0 Å². The predicted molar refractivity (Wildman–Crippen MR) is 49.5 cm³/mol. The van der Waals surface area contributed by atoms with Gasteiger partial charge in [-0.25, -0.2) is 0 Å². The van der Waals surface area contributed by atoms with Crippen LogP contribution in [0.4, 0.5) is 0 Å². The number of nitrogens with two attached hydrogens (primary N) is 1. The fourth-order valence-electron chi connectivity index (χ4n) is 1.05. The molecule has 0 aliphatic rings. The fraction of sp³-hybridized carbons (Fsp3) is 0.500. The van der Waals surface area contributed by atoms with E-state index in [0.29, 0.717) is 0 Å². The van der Waals surface area contributed by atoms with Gasteiger partial charge in [0.05, 0.1) is 0 Å². The van der Waals surface area contributed by atoms with Gasteiger partial charge in [0.1, 0.15) is 0 Å². The van der Waals surface area contributed by atoms with Crippen molar-refractivity contribution in [3.63, 3.8) is 0 Å². The first-order valence-electron chi connectivity index (χ1n) is 3.67. The highest BCUT2D eigenvalue weighted by Crippen LogP contribution is 2.25. The Morgan fingerprint density at radius 1 is 1.55 bits per heavy atom. The predicted octanol–water partition coefficient (Wildman–Crippen LogP) is 1.89. The molecule has 0 bridgehead atoms. The zero-order chi connectivity index (χ0) is 8.43. The quantitative estimate of drug-likeness (QED) is 0.525. The SMILES string of the molecule is Cc1scc(C(C)NN)c1C. The Hall–Kier alpha value is -0.380. The number of nitrogens with one attached hydrogen (secondary N) is 1. The number of thiophene rings is 1. The maximum Gasteiger partial charge on any atom is 0.0442 e. The van der Waals surface area contributed by atoms with E-state index in [1.54, 1.807) is 11.3 Å². The summed E-state index contributed by atoms with van der Waals surface area (Å²) >= 11 is 1.78. The summed E-state index contributed by atoms with van der Waals surface area (Å²) in [6, 6.07) is 0.264. The highest BCUT2D eigenvalue weighted by Gasteiger charge is 2.08. The smallest absolute Gasteiger partial charge is 0.0442 e. The summed E-state index contributed by atoms with van der Waals surface area (Å²) in [4.78, 5) is 1.38. The largest absolute Gasteiger partial charge is 0.271 e. The van der Waals surface area contributed by atoms with Crippen molar-refractivity contribution in [1.82, 2.24) is 5.43 Å². The number of hydrogen-bond donors (Lipinski definition) is 2. The Balaban J connectivity index is 2.94. The van der Waals surface area contributed by atoms with E-state index >= 15 is 0 Å². The number of hydrogen-bond acceptors (Lipinski definition) is 3. The van der Waals surface area contributed by atoms with Crippen molar-refractivity contribution in [3.8, 4) is 0 Å². The highest BCUT2D eigenvalue weighted by atomic mass is 32.1. The highest BCUT2D eigenvalue weighted by molar-refractivity contribution is 7.10. The molecule has 1 heterocycles. The third-order valence-electron chi connectivity index (χ3n) is 2.04. The van der Waals surface area contributed by atoms with Crippen molar-refractivity contribution in [1.29, 1.82) is 0 Å². The van der Waals surface area contributed by atoms with E-state index in [2.05, 4.69) is 31.6 Å². The van der Waals surface area contributed by atoms with E-state index in [1.807, 2.05) is 0 Å². The fourth-order valence-corrected chi connectivity index (χ4v) is 2.03.